The zero-order chi connectivity index (χ0) is 11.1. The minimum absolute atomic E-state index is 0.281. The Morgan fingerprint density at radius 1 is 1.27 bits per heavy atom. The van der Waals surface area contributed by atoms with Crippen LogP contribution in [-0.2, 0) is 9.16 Å². The summed E-state index contributed by atoms with van der Waals surface area (Å²) in [6.07, 6.45) is 0.474. The van der Waals surface area contributed by atoms with Crippen molar-refractivity contribution in [1.29, 1.82) is 0 Å². The van der Waals surface area contributed by atoms with Gasteiger partial charge in [0, 0.05) is 6.61 Å². The third-order valence-corrected chi connectivity index (χ3v) is 3.57. The number of hydrogen-bond acceptors (Lipinski definition) is 3. The van der Waals surface area contributed by atoms with E-state index in [1.54, 1.807) is 0 Å². The van der Waals surface area contributed by atoms with Gasteiger partial charge in [-0.25, -0.2) is 0 Å². The van der Waals surface area contributed by atoms with Crippen LogP contribution in [0.2, 0.25) is 0 Å². The van der Waals surface area contributed by atoms with Crippen LogP contribution in [0.5, 0.6) is 0 Å². The molecule has 3 nitrogen and oxygen atoms in total. The van der Waals surface area contributed by atoms with Crippen molar-refractivity contribution >= 4 is 14.5 Å². The normalized spacial score (nSPS) is 14.9. The van der Waals surface area contributed by atoms with Crippen molar-refractivity contribution < 1.29 is 14.0 Å². The molecule has 0 saturated heterocycles. The first-order chi connectivity index (χ1) is 7.27. The Morgan fingerprint density at radius 3 is 2.47 bits per heavy atom. The summed E-state index contributed by atoms with van der Waals surface area (Å²) in [7, 11) is -2.29. The van der Waals surface area contributed by atoms with Gasteiger partial charge >= 0.3 is 9.28 Å². The highest BCUT2D eigenvalue weighted by molar-refractivity contribution is 6.59. The van der Waals surface area contributed by atoms with Crippen molar-refractivity contribution in [3.8, 4) is 0 Å². The van der Waals surface area contributed by atoms with E-state index in [9.17, 15) is 4.80 Å². The van der Waals surface area contributed by atoms with E-state index in [1.165, 1.54) is 0 Å². The fraction of sp³-hybridized carbons (Fsp3) is 0.455. The van der Waals surface area contributed by atoms with Crippen molar-refractivity contribution in [2.45, 2.75) is 26.6 Å². The molecular weight excluding hydrogens is 208 g/mol. The Labute approximate surface area is 92.5 Å². The highest BCUT2D eigenvalue weighted by Crippen LogP contribution is 2.01. The minimum atomic E-state index is -2.29. The highest BCUT2D eigenvalue weighted by atomic mass is 28.3. The van der Waals surface area contributed by atoms with Gasteiger partial charge in [0.1, 0.15) is 6.29 Å². The summed E-state index contributed by atoms with van der Waals surface area (Å²) in [6, 6.07) is 9.49. The van der Waals surface area contributed by atoms with Crippen LogP contribution in [0.1, 0.15) is 20.3 Å². The zero-order valence-corrected chi connectivity index (χ0v) is 10.4. The lowest BCUT2D eigenvalue weighted by atomic mass is 10.4. The molecule has 84 valence electrons. The molecule has 2 atom stereocenters. The number of ether oxygens (including phenoxy) is 1. The van der Waals surface area contributed by atoms with Gasteiger partial charge in [-0.2, -0.15) is 0 Å². The number of benzene rings is 1. The van der Waals surface area contributed by atoms with E-state index in [2.05, 4.69) is 0 Å². The zero-order valence-electron chi connectivity index (χ0n) is 9.22. The summed E-state index contributed by atoms with van der Waals surface area (Å²) >= 11 is 0. The maximum Gasteiger partial charge on any atom is 0.355 e. The summed E-state index contributed by atoms with van der Waals surface area (Å²) in [5, 5.41) is 0.885. The van der Waals surface area contributed by atoms with E-state index in [0.717, 1.165) is 11.6 Å². The van der Waals surface area contributed by atoms with Crippen LogP contribution >= 0.6 is 0 Å². The van der Waals surface area contributed by atoms with Crippen molar-refractivity contribution in [2.75, 3.05) is 6.61 Å². The van der Waals surface area contributed by atoms with Crippen LogP contribution in [0.4, 0.5) is 0 Å². The fourth-order valence-electron chi connectivity index (χ4n) is 1.28. The van der Waals surface area contributed by atoms with Gasteiger partial charge in [-0.05, 0) is 18.5 Å². The van der Waals surface area contributed by atoms with Gasteiger partial charge in [0.2, 0.25) is 0 Å². The molecule has 0 heterocycles. The molecule has 1 N–H and O–H groups in total. The summed E-state index contributed by atoms with van der Waals surface area (Å²) < 4.78 is 10.8. The molecular formula is C11H18O3Si. The molecule has 2 unspecified atom stereocenters. The van der Waals surface area contributed by atoms with Crippen molar-refractivity contribution in [1.82, 2.24) is 0 Å². The largest absolute Gasteiger partial charge is 0.410 e. The second-order valence-corrected chi connectivity index (χ2v) is 4.84. The van der Waals surface area contributed by atoms with Gasteiger partial charge in [0.25, 0.3) is 0 Å². The second kappa shape index (κ2) is 6.74. The van der Waals surface area contributed by atoms with Crippen LogP contribution in [0.25, 0.3) is 0 Å². The minimum Gasteiger partial charge on any atom is -0.410 e. The Kier molecular flexibility index (Phi) is 5.56. The van der Waals surface area contributed by atoms with E-state index < -0.39 is 9.28 Å². The molecule has 0 fully saturated rings. The molecule has 4 heteroatoms. The topological polar surface area (TPSA) is 38.7 Å². The van der Waals surface area contributed by atoms with Gasteiger partial charge in [0.15, 0.2) is 0 Å². The van der Waals surface area contributed by atoms with E-state index in [1.807, 2.05) is 44.2 Å². The van der Waals surface area contributed by atoms with Crippen molar-refractivity contribution in [2.24, 2.45) is 0 Å². The summed E-state index contributed by atoms with van der Waals surface area (Å²) in [5.41, 5.74) is 0. The molecule has 0 amide bonds. The maximum absolute atomic E-state index is 9.89. The molecule has 1 rings (SSSR count). The Hall–Kier alpha value is -0.683. The predicted octanol–water partition coefficient (Wildman–Crippen LogP) is 0.896. The first-order valence-corrected chi connectivity index (χ1v) is 6.84. The Bertz CT molecular complexity index is 266. The number of hydrogen-bond donors (Lipinski definition) is 1. The quantitative estimate of drug-likeness (QED) is 0.578. The summed E-state index contributed by atoms with van der Waals surface area (Å²) in [4.78, 5) is 9.89. The predicted molar refractivity (Wildman–Crippen MR) is 62.2 cm³/mol. The van der Waals surface area contributed by atoms with Gasteiger partial charge in [0.05, 0.1) is 0 Å². The maximum atomic E-state index is 9.89. The first kappa shape index (κ1) is 12.4. The SMILES string of the molecule is CCOC(CC)O[SiH](O)c1ccccc1. The lowest BCUT2D eigenvalue weighted by Crippen LogP contribution is -2.38. The van der Waals surface area contributed by atoms with Crippen LogP contribution in [-0.4, -0.2) is 27.0 Å². The van der Waals surface area contributed by atoms with Crippen molar-refractivity contribution in [3.05, 3.63) is 30.3 Å². The molecule has 15 heavy (non-hydrogen) atoms. The third-order valence-electron chi connectivity index (χ3n) is 2.05. The lowest BCUT2D eigenvalue weighted by molar-refractivity contribution is -0.0854. The van der Waals surface area contributed by atoms with Crippen LogP contribution in [0, 0.1) is 0 Å². The first-order valence-electron chi connectivity index (χ1n) is 5.28. The molecule has 0 aliphatic carbocycles. The van der Waals surface area contributed by atoms with Crippen LogP contribution in [0.3, 0.4) is 0 Å². The van der Waals surface area contributed by atoms with E-state index >= 15 is 0 Å². The standard InChI is InChI=1S/C11H18O3Si/c1-3-11(13-4-2)14-15(12)10-8-6-5-7-9-10/h5-9,11-12,15H,3-4H2,1-2H3. The monoisotopic (exact) mass is 226 g/mol. The van der Waals surface area contributed by atoms with Gasteiger partial charge in [-0.1, -0.05) is 37.3 Å². The molecule has 0 saturated carbocycles. The Balaban J connectivity index is 2.50. The van der Waals surface area contributed by atoms with Gasteiger partial charge < -0.3 is 14.0 Å². The van der Waals surface area contributed by atoms with E-state index in [4.69, 9.17) is 9.16 Å². The average Bonchev–Trinajstić information content (AvgIpc) is 2.29. The molecule has 0 aromatic heterocycles. The van der Waals surface area contributed by atoms with E-state index in [0.29, 0.717) is 6.61 Å². The molecule has 0 spiro atoms. The van der Waals surface area contributed by atoms with Crippen LogP contribution in [0.15, 0.2) is 30.3 Å². The Morgan fingerprint density at radius 2 is 1.93 bits per heavy atom. The summed E-state index contributed by atoms with van der Waals surface area (Å²) in [6.45, 7) is 4.50. The van der Waals surface area contributed by atoms with Crippen LogP contribution < -0.4 is 5.19 Å². The summed E-state index contributed by atoms with van der Waals surface area (Å²) in [5.74, 6) is 0. The highest BCUT2D eigenvalue weighted by Gasteiger charge is 2.16. The molecule has 0 aliphatic rings. The third kappa shape index (κ3) is 4.13. The molecule has 1 aromatic rings. The van der Waals surface area contributed by atoms with Crippen molar-refractivity contribution in [3.63, 3.8) is 0 Å². The average molecular weight is 226 g/mol. The lowest BCUT2D eigenvalue weighted by Gasteiger charge is -2.19. The molecule has 0 radical (unpaired) electrons. The van der Waals surface area contributed by atoms with Gasteiger partial charge in [-0.15, -0.1) is 0 Å². The molecule has 1 aromatic carbocycles. The number of rotatable bonds is 6. The van der Waals surface area contributed by atoms with Gasteiger partial charge in [-0.3, -0.25) is 0 Å². The smallest absolute Gasteiger partial charge is 0.355 e. The fourth-order valence-corrected chi connectivity index (χ4v) is 2.55. The second-order valence-electron chi connectivity index (χ2n) is 3.19. The van der Waals surface area contributed by atoms with E-state index in [-0.39, 0.29) is 6.29 Å². The molecule has 0 bridgehead atoms. The molecule has 0 aliphatic heterocycles.